The second-order valence-electron chi connectivity index (χ2n) is 7.40. The van der Waals surface area contributed by atoms with Crippen molar-refractivity contribution >= 4 is 6.03 Å². The van der Waals surface area contributed by atoms with Gasteiger partial charge in [0.15, 0.2) is 0 Å². The van der Waals surface area contributed by atoms with E-state index in [0.717, 1.165) is 42.9 Å². The number of hydrogen-bond donors (Lipinski definition) is 1. The summed E-state index contributed by atoms with van der Waals surface area (Å²) < 4.78 is 5.18. The van der Waals surface area contributed by atoms with Crippen molar-refractivity contribution in [2.75, 3.05) is 20.1 Å². The number of benzene rings is 1. The summed E-state index contributed by atoms with van der Waals surface area (Å²) in [4.78, 5) is 16.7. The van der Waals surface area contributed by atoms with E-state index in [9.17, 15) is 4.79 Å². The van der Waals surface area contributed by atoms with Gasteiger partial charge >= 0.3 is 6.03 Å². The number of urea groups is 1. The molecule has 2 heterocycles. The van der Waals surface area contributed by atoms with Crippen LogP contribution in [0.1, 0.15) is 41.5 Å². The Morgan fingerprint density at radius 1 is 1.33 bits per heavy atom. The van der Waals surface area contributed by atoms with Gasteiger partial charge in [0, 0.05) is 38.3 Å². The molecule has 1 aliphatic rings. The maximum absolute atomic E-state index is 12.5. The second-order valence-corrected chi connectivity index (χ2v) is 7.40. The van der Waals surface area contributed by atoms with E-state index in [1.54, 1.807) is 11.9 Å². The number of nitrogens with zero attached hydrogens (tertiary/aromatic N) is 3. The number of fused-ring (bicyclic) bond motifs is 1. The summed E-state index contributed by atoms with van der Waals surface area (Å²) in [5.41, 5.74) is 4.67. The molecule has 3 rings (SSSR count). The van der Waals surface area contributed by atoms with E-state index in [4.69, 9.17) is 4.52 Å². The first kappa shape index (κ1) is 19.4. The van der Waals surface area contributed by atoms with Crippen LogP contribution in [0.25, 0.3) is 0 Å². The van der Waals surface area contributed by atoms with E-state index in [1.807, 2.05) is 13.8 Å². The van der Waals surface area contributed by atoms with Gasteiger partial charge in [0.05, 0.1) is 12.2 Å². The zero-order chi connectivity index (χ0) is 19.4. The maximum Gasteiger partial charge on any atom is 0.317 e. The number of aryl methyl sites for hydroxylation is 2. The number of carbonyl (C=O) groups is 1. The van der Waals surface area contributed by atoms with Gasteiger partial charge in [-0.05, 0) is 37.8 Å². The third-order valence-corrected chi connectivity index (χ3v) is 5.56. The molecule has 6 heteroatoms. The summed E-state index contributed by atoms with van der Waals surface area (Å²) in [6.45, 7) is 9.12. The number of hydrogen-bond acceptors (Lipinski definition) is 4. The van der Waals surface area contributed by atoms with Crippen LogP contribution in [-0.2, 0) is 19.5 Å². The number of aromatic nitrogens is 1. The fraction of sp³-hybridized carbons (Fsp3) is 0.524. The molecule has 1 N–H and O–H groups in total. The fourth-order valence-electron chi connectivity index (χ4n) is 3.74. The lowest BCUT2D eigenvalue weighted by molar-refractivity contribution is 0.163. The molecule has 27 heavy (non-hydrogen) atoms. The average Bonchev–Trinajstić information content (AvgIpc) is 3.00. The Morgan fingerprint density at radius 3 is 2.74 bits per heavy atom. The summed E-state index contributed by atoms with van der Waals surface area (Å²) >= 11 is 0. The molecule has 0 aliphatic carbocycles. The second kappa shape index (κ2) is 8.57. The van der Waals surface area contributed by atoms with Crippen molar-refractivity contribution in [2.45, 2.75) is 52.7 Å². The predicted octanol–water partition coefficient (Wildman–Crippen LogP) is 3.27. The molecule has 0 fully saturated rings. The lowest BCUT2D eigenvalue weighted by atomic mass is 9.98. The first-order chi connectivity index (χ1) is 13.0. The van der Waals surface area contributed by atoms with Crippen LogP contribution in [0.15, 0.2) is 28.8 Å². The van der Waals surface area contributed by atoms with E-state index in [0.29, 0.717) is 19.1 Å². The zero-order valence-electron chi connectivity index (χ0n) is 16.8. The SMILES string of the molecule is CCC(CNC(=O)N(C)Cc1c(C)noc1C)N1CCc2ccccc2C1. The van der Waals surface area contributed by atoms with Crippen molar-refractivity contribution in [1.82, 2.24) is 20.3 Å². The minimum absolute atomic E-state index is 0.0640. The normalized spacial score (nSPS) is 15.3. The third-order valence-electron chi connectivity index (χ3n) is 5.56. The Morgan fingerprint density at radius 2 is 2.07 bits per heavy atom. The van der Waals surface area contributed by atoms with Gasteiger partial charge in [0.2, 0.25) is 0 Å². The molecule has 6 nitrogen and oxygen atoms in total. The third kappa shape index (κ3) is 4.50. The Hall–Kier alpha value is -2.34. The summed E-state index contributed by atoms with van der Waals surface area (Å²) in [6, 6.07) is 8.93. The van der Waals surface area contributed by atoms with Gasteiger partial charge in [0.25, 0.3) is 0 Å². The highest BCUT2D eigenvalue weighted by atomic mass is 16.5. The molecule has 2 amide bonds. The van der Waals surface area contributed by atoms with Gasteiger partial charge in [-0.1, -0.05) is 36.3 Å². The minimum Gasteiger partial charge on any atom is -0.361 e. The predicted molar refractivity (Wildman–Crippen MR) is 105 cm³/mol. The number of carbonyl (C=O) groups excluding carboxylic acids is 1. The van der Waals surface area contributed by atoms with Crippen molar-refractivity contribution in [3.05, 3.63) is 52.4 Å². The molecule has 0 saturated carbocycles. The molecular weight excluding hydrogens is 340 g/mol. The highest BCUT2D eigenvalue weighted by Gasteiger charge is 2.23. The number of rotatable bonds is 6. The van der Waals surface area contributed by atoms with Gasteiger partial charge in [-0.25, -0.2) is 4.79 Å². The standard InChI is InChI=1S/C21H30N4O2/c1-5-19(25-11-10-17-8-6-7-9-18(17)13-25)12-22-21(26)24(4)14-20-15(2)23-27-16(20)3/h6-9,19H,5,10-14H2,1-4H3,(H,22,26). The van der Waals surface area contributed by atoms with Gasteiger partial charge in [-0.3, -0.25) is 4.90 Å². The zero-order valence-corrected chi connectivity index (χ0v) is 16.8. The van der Waals surface area contributed by atoms with Crippen molar-refractivity contribution in [1.29, 1.82) is 0 Å². The van der Waals surface area contributed by atoms with E-state index in [-0.39, 0.29) is 6.03 Å². The molecule has 0 radical (unpaired) electrons. The molecule has 1 atom stereocenters. The first-order valence-corrected chi connectivity index (χ1v) is 9.71. The molecular formula is C21H30N4O2. The van der Waals surface area contributed by atoms with Crippen LogP contribution in [0, 0.1) is 13.8 Å². The number of amides is 2. The molecule has 0 spiro atoms. The van der Waals surface area contributed by atoms with Crippen LogP contribution in [-0.4, -0.2) is 47.2 Å². The van der Waals surface area contributed by atoms with Crippen LogP contribution in [0.4, 0.5) is 4.79 Å². The molecule has 1 aliphatic heterocycles. The van der Waals surface area contributed by atoms with E-state index in [1.165, 1.54) is 11.1 Å². The molecule has 1 unspecified atom stereocenters. The average molecular weight is 370 g/mol. The summed E-state index contributed by atoms with van der Waals surface area (Å²) in [5, 5.41) is 7.06. The van der Waals surface area contributed by atoms with Crippen LogP contribution < -0.4 is 5.32 Å². The van der Waals surface area contributed by atoms with E-state index < -0.39 is 0 Å². The lowest BCUT2D eigenvalue weighted by Gasteiger charge is -2.35. The molecule has 0 bridgehead atoms. The Bertz CT molecular complexity index is 767. The van der Waals surface area contributed by atoms with Crippen molar-refractivity contribution in [3.8, 4) is 0 Å². The summed E-state index contributed by atoms with van der Waals surface area (Å²) in [6.07, 6.45) is 2.09. The molecule has 0 saturated heterocycles. The van der Waals surface area contributed by atoms with Crippen LogP contribution in [0.2, 0.25) is 0 Å². The summed E-state index contributed by atoms with van der Waals surface area (Å²) in [7, 11) is 1.80. The highest BCUT2D eigenvalue weighted by Crippen LogP contribution is 2.21. The molecule has 1 aromatic carbocycles. The van der Waals surface area contributed by atoms with E-state index in [2.05, 4.69) is 46.6 Å². The van der Waals surface area contributed by atoms with E-state index >= 15 is 0 Å². The summed E-state index contributed by atoms with van der Waals surface area (Å²) in [5.74, 6) is 0.769. The van der Waals surface area contributed by atoms with Gasteiger partial charge in [-0.15, -0.1) is 0 Å². The van der Waals surface area contributed by atoms with Crippen LogP contribution in [0.5, 0.6) is 0 Å². The van der Waals surface area contributed by atoms with Gasteiger partial charge in [-0.2, -0.15) is 0 Å². The topological polar surface area (TPSA) is 61.6 Å². The highest BCUT2D eigenvalue weighted by molar-refractivity contribution is 5.73. The first-order valence-electron chi connectivity index (χ1n) is 9.71. The van der Waals surface area contributed by atoms with Gasteiger partial charge < -0.3 is 14.7 Å². The van der Waals surface area contributed by atoms with Crippen LogP contribution in [0.3, 0.4) is 0 Å². The fourth-order valence-corrected chi connectivity index (χ4v) is 3.74. The van der Waals surface area contributed by atoms with Gasteiger partial charge in [0.1, 0.15) is 5.76 Å². The smallest absolute Gasteiger partial charge is 0.317 e. The minimum atomic E-state index is -0.0640. The monoisotopic (exact) mass is 370 g/mol. The maximum atomic E-state index is 12.5. The Labute approximate surface area is 161 Å². The Balaban J connectivity index is 1.54. The van der Waals surface area contributed by atoms with Crippen molar-refractivity contribution < 1.29 is 9.32 Å². The number of nitrogens with one attached hydrogen (secondary N) is 1. The Kier molecular flexibility index (Phi) is 6.16. The van der Waals surface area contributed by atoms with Crippen molar-refractivity contribution in [3.63, 3.8) is 0 Å². The largest absolute Gasteiger partial charge is 0.361 e. The lowest BCUT2D eigenvalue weighted by Crippen LogP contribution is -2.48. The molecule has 1 aromatic heterocycles. The van der Waals surface area contributed by atoms with Crippen LogP contribution >= 0.6 is 0 Å². The molecule has 2 aromatic rings. The van der Waals surface area contributed by atoms with Crippen molar-refractivity contribution in [2.24, 2.45) is 0 Å². The molecule has 146 valence electrons. The quantitative estimate of drug-likeness (QED) is 0.848.